The van der Waals surface area contributed by atoms with Crippen LogP contribution in [0.5, 0.6) is 0 Å². The zero-order chi connectivity index (χ0) is 23.7. The molecule has 0 aliphatic carbocycles. The number of carbonyl (C=O) groups excluding carboxylic acids is 4. The fourth-order valence-electron chi connectivity index (χ4n) is 3.83. The van der Waals surface area contributed by atoms with E-state index in [0.29, 0.717) is 11.7 Å². The zero-order valence-electron chi connectivity index (χ0n) is 18.5. The lowest BCUT2D eigenvalue weighted by Gasteiger charge is -2.27. The van der Waals surface area contributed by atoms with Gasteiger partial charge in [-0.05, 0) is 37.1 Å². The van der Waals surface area contributed by atoms with Crippen molar-refractivity contribution in [2.45, 2.75) is 26.8 Å². The summed E-state index contributed by atoms with van der Waals surface area (Å²) in [4.78, 5) is 58.3. The van der Waals surface area contributed by atoms with E-state index in [1.54, 1.807) is 38.1 Å². The summed E-state index contributed by atoms with van der Waals surface area (Å²) < 4.78 is 6.26. The molecule has 2 aromatic carbocycles. The van der Waals surface area contributed by atoms with Crippen LogP contribution in [0.15, 0.2) is 48.5 Å². The number of carbonyl (C=O) groups is 4. The largest absolute Gasteiger partial charge is 0.454 e. The Bertz CT molecular complexity index is 1180. The molecule has 0 N–H and O–H groups in total. The predicted molar refractivity (Wildman–Crippen MR) is 124 cm³/mol. The normalized spacial score (nSPS) is 14.0. The van der Waals surface area contributed by atoms with Crippen LogP contribution in [0.3, 0.4) is 0 Å². The zero-order valence-corrected chi connectivity index (χ0v) is 19.3. The molecule has 1 aliphatic rings. The Hall–Kier alpha value is -3.59. The fraction of sp³-hybridized carbons (Fsp3) is 0.292. The SMILES string of the molecule is CCN(C(=O)COC(=O)[C@H](C(C)C)N1C(=O)c2ccccc2C1=O)c1nc2ccccc2s1. The smallest absolute Gasteiger partial charge is 0.330 e. The van der Waals surface area contributed by atoms with Gasteiger partial charge in [0, 0.05) is 6.54 Å². The van der Waals surface area contributed by atoms with E-state index in [1.165, 1.54) is 16.2 Å². The number of likely N-dealkylation sites (N-methyl/N-ethyl adjacent to an activating group) is 1. The van der Waals surface area contributed by atoms with Crippen LogP contribution in [0.2, 0.25) is 0 Å². The van der Waals surface area contributed by atoms with Crippen LogP contribution in [-0.2, 0) is 14.3 Å². The van der Waals surface area contributed by atoms with Gasteiger partial charge in [0.25, 0.3) is 17.7 Å². The quantitative estimate of drug-likeness (QED) is 0.391. The van der Waals surface area contributed by atoms with Crippen molar-refractivity contribution in [3.63, 3.8) is 0 Å². The third-order valence-electron chi connectivity index (χ3n) is 5.45. The average molecular weight is 466 g/mol. The number of nitrogens with zero attached hydrogens (tertiary/aromatic N) is 3. The first-order valence-electron chi connectivity index (χ1n) is 10.6. The first-order valence-corrected chi connectivity index (χ1v) is 11.4. The minimum atomic E-state index is -1.14. The molecule has 8 nitrogen and oxygen atoms in total. The monoisotopic (exact) mass is 465 g/mol. The van der Waals surface area contributed by atoms with Gasteiger partial charge in [0.05, 0.1) is 21.3 Å². The van der Waals surface area contributed by atoms with E-state index in [9.17, 15) is 19.2 Å². The molecule has 33 heavy (non-hydrogen) atoms. The minimum absolute atomic E-state index is 0.255. The number of ether oxygens (including phenoxy) is 1. The summed E-state index contributed by atoms with van der Waals surface area (Å²) >= 11 is 1.37. The molecule has 4 rings (SSSR count). The number of anilines is 1. The molecular formula is C24H23N3O5S. The number of amides is 3. The number of thiazole rings is 1. The van der Waals surface area contributed by atoms with Crippen molar-refractivity contribution in [2.75, 3.05) is 18.1 Å². The van der Waals surface area contributed by atoms with Gasteiger partial charge in [-0.3, -0.25) is 24.2 Å². The number of para-hydroxylation sites is 1. The lowest BCUT2D eigenvalue weighted by atomic mass is 10.0. The summed E-state index contributed by atoms with van der Waals surface area (Å²) in [6.45, 7) is 5.08. The molecule has 0 saturated carbocycles. The Labute approximate surface area is 194 Å². The van der Waals surface area contributed by atoms with E-state index in [0.717, 1.165) is 15.1 Å². The van der Waals surface area contributed by atoms with Gasteiger partial charge >= 0.3 is 5.97 Å². The highest BCUT2D eigenvalue weighted by Crippen LogP contribution is 2.29. The Morgan fingerprint density at radius 2 is 1.64 bits per heavy atom. The summed E-state index contributed by atoms with van der Waals surface area (Å²) in [5, 5.41) is 0.514. The Balaban J connectivity index is 1.48. The number of hydrogen-bond acceptors (Lipinski definition) is 7. The maximum absolute atomic E-state index is 13.0. The van der Waals surface area contributed by atoms with E-state index in [4.69, 9.17) is 4.74 Å². The van der Waals surface area contributed by atoms with E-state index < -0.39 is 42.3 Å². The molecular weight excluding hydrogens is 442 g/mol. The molecule has 1 aliphatic heterocycles. The predicted octanol–water partition coefficient (Wildman–Crippen LogP) is 3.51. The molecule has 0 radical (unpaired) electrons. The van der Waals surface area contributed by atoms with Crippen molar-refractivity contribution in [2.24, 2.45) is 5.92 Å². The Kier molecular flexibility index (Phi) is 6.24. The highest BCUT2D eigenvalue weighted by molar-refractivity contribution is 7.22. The first kappa shape index (κ1) is 22.6. The lowest BCUT2D eigenvalue weighted by Crippen LogP contribution is -2.49. The van der Waals surface area contributed by atoms with Gasteiger partial charge in [0.2, 0.25) is 0 Å². The number of rotatable bonds is 7. The number of fused-ring (bicyclic) bond motifs is 2. The third kappa shape index (κ3) is 4.11. The van der Waals surface area contributed by atoms with Crippen LogP contribution < -0.4 is 4.90 Å². The highest BCUT2D eigenvalue weighted by Gasteiger charge is 2.44. The molecule has 3 amide bonds. The van der Waals surface area contributed by atoms with Crippen LogP contribution in [0.4, 0.5) is 5.13 Å². The average Bonchev–Trinajstić information content (AvgIpc) is 3.33. The fourth-order valence-corrected chi connectivity index (χ4v) is 4.87. The van der Waals surface area contributed by atoms with Gasteiger partial charge in [-0.15, -0.1) is 0 Å². The molecule has 9 heteroatoms. The third-order valence-corrected chi connectivity index (χ3v) is 6.50. The number of esters is 1. The van der Waals surface area contributed by atoms with Crippen molar-refractivity contribution < 1.29 is 23.9 Å². The van der Waals surface area contributed by atoms with Crippen molar-refractivity contribution >= 4 is 50.4 Å². The second-order valence-corrected chi connectivity index (χ2v) is 8.93. The maximum Gasteiger partial charge on any atom is 0.330 e. The van der Waals surface area contributed by atoms with Gasteiger partial charge < -0.3 is 4.74 Å². The van der Waals surface area contributed by atoms with E-state index in [-0.39, 0.29) is 11.1 Å². The molecule has 1 atom stereocenters. The standard InChI is InChI=1S/C24H23N3O5S/c1-4-26(24-25-17-11-7-8-12-18(17)33-24)19(28)13-32-23(31)20(14(2)3)27-21(29)15-9-5-6-10-16(15)22(27)30/h5-12,14,20H,4,13H2,1-3H3/t20-/m0/s1. The summed E-state index contributed by atoms with van der Waals surface area (Å²) in [5.41, 5.74) is 1.29. The molecule has 1 aromatic heterocycles. The molecule has 0 bridgehead atoms. The van der Waals surface area contributed by atoms with Crippen molar-refractivity contribution in [1.82, 2.24) is 9.88 Å². The summed E-state index contributed by atoms with van der Waals surface area (Å²) in [6.07, 6.45) is 0. The molecule has 0 unspecified atom stereocenters. The van der Waals surface area contributed by atoms with Crippen LogP contribution in [-0.4, -0.2) is 52.8 Å². The second-order valence-electron chi connectivity index (χ2n) is 7.92. The van der Waals surface area contributed by atoms with Gasteiger partial charge in [0.1, 0.15) is 6.04 Å². The van der Waals surface area contributed by atoms with Crippen molar-refractivity contribution in [3.05, 3.63) is 59.7 Å². The minimum Gasteiger partial charge on any atom is -0.454 e. The van der Waals surface area contributed by atoms with Crippen molar-refractivity contribution in [3.8, 4) is 0 Å². The number of hydrogen-bond donors (Lipinski definition) is 0. The van der Waals surface area contributed by atoms with Gasteiger partial charge in [-0.2, -0.15) is 0 Å². The molecule has 170 valence electrons. The molecule has 0 fully saturated rings. The maximum atomic E-state index is 13.0. The van der Waals surface area contributed by atoms with E-state index >= 15 is 0 Å². The van der Waals surface area contributed by atoms with E-state index in [1.807, 2.05) is 31.2 Å². The van der Waals surface area contributed by atoms with Gasteiger partial charge in [-0.1, -0.05) is 49.4 Å². The lowest BCUT2D eigenvalue weighted by molar-refractivity contribution is -0.153. The van der Waals surface area contributed by atoms with Gasteiger partial charge in [-0.25, -0.2) is 9.78 Å². The first-order chi connectivity index (χ1) is 15.8. The van der Waals surface area contributed by atoms with Crippen LogP contribution in [0.25, 0.3) is 10.2 Å². The van der Waals surface area contributed by atoms with Crippen LogP contribution >= 0.6 is 11.3 Å². The Morgan fingerprint density at radius 1 is 1.03 bits per heavy atom. The van der Waals surface area contributed by atoms with Gasteiger partial charge in [0.15, 0.2) is 11.7 Å². The van der Waals surface area contributed by atoms with E-state index in [2.05, 4.69) is 4.98 Å². The van der Waals surface area contributed by atoms with Crippen LogP contribution in [0.1, 0.15) is 41.5 Å². The molecule has 0 spiro atoms. The van der Waals surface area contributed by atoms with Crippen LogP contribution in [0, 0.1) is 5.92 Å². The number of imide groups is 1. The molecule has 0 saturated heterocycles. The summed E-state index contributed by atoms with van der Waals surface area (Å²) in [5.74, 6) is -2.71. The number of benzene rings is 2. The summed E-state index contributed by atoms with van der Waals surface area (Å²) in [6, 6.07) is 12.9. The molecule has 2 heterocycles. The topological polar surface area (TPSA) is 96.9 Å². The molecule has 3 aromatic rings. The second kappa shape index (κ2) is 9.11. The summed E-state index contributed by atoms with van der Waals surface area (Å²) in [7, 11) is 0. The Morgan fingerprint density at radius 3 is 2.21 bits per heavy atom. The van der Waals surface area contributed by atoms with Crippen molar-refractivity contribution in [1.29, 1.82) is 0 Å². The number of aromatic nitrogens is 1. The highest BCUT2D eigenvalue weighted by atomic mass is 32.1.